The number of fused-ring (bicyclic) bond motifs is 5. The number of likely N-dealkylation sites (tertiary alicyclic amines) is 1. The number of anilines is 1. The second kappa shape index (κ2) is 7.49. The quantitative estimate of drug-likeness (QED) is 0.549. The highest BCUT2D eigenvalue weighted by Gasteiger charge is 2.64. The number of para-hydroxylation sites is 1. The van der Waals surface area contributed by atoms with Gasteiger partial charge in [-0.25, -0.2) is 0 Å². The van der Waals surface area contributed by atoms with Gasteiger partial charge in [0.15, 0.2) is 5.78 Å². The maximum Gasteiger partial charge on any atom is 0.235 e. The molecule has 0 N–H and O–H groups in total. The second-order valence-corrected chi connectivity index (χ2v) is 8.67. The first-order valence-corrected chi connectivity index (χ1v) is 11.0. The van der Waals surface area contributed by atoms with Crippen LogP contribution in [0.5, 0.6) is 0 Å². The summed E-state index contributed by atoms with van der Waals surface area (Å²) in [6, 6.07) is 16.1. The number of carbonyl (C=O) groups excluding carboxylic acids is 3. The summed E-state index contributed by atoms with van der Waals surface area (Å²) in [7, 11) is 0. The van der Waals surface area contributed by atoms with Crippen LogP contribution in [0, 0.1) is 11.8 Å². The van der Waals surface area contributed by atoms with Crippen molar-refractivity contribution in [2.24, 2.45) is 11.8 Å². The van der Waals surface area contributed by atoms with E-state index in [0.29, 0.717) is 12.1 Å². The number of hydrogen-bond donors (Lipinski definition) is 0. The van der Waals surface area contributed by atoms with Gasteiger partial charge in [0.2, 0.25) is 11.8 Å². The highest BCUT2D eigenvalue weighted by molar-refractivity contribution is 6.14. The van der Waals surface area contributed by atoms with E-state index in [2.05, 4.69) is 6.08 Å². The number of rotatable bonds is 5. The molecule has 2 aromatic carbocycles. The van der Waals surface area contributed by atoms with Crippen molar-refractivity contribution in [1.29, 1.82) is 0 Å². The molecule has 0 aromatic heterocycles. The number of nitrogens with zero attached hydrogens (tertiary/aromatic N) is 2. The van der Waals surface area contributed by atoms with Gasteiger partial charge >= 0.3 is 0 Å². The Labute approximate surface area is 182 Å². The van der Waals surface area contributed by atoms with Crippen LogP contribution in [0.1, 0.15) is 42.6 Å². The fourth-order valence-corrected chi connectivity index (χ4v) is 5.47. The van der Waals surface area contributed by atoms with Crippen molar-refractivity contribution in [3.8, 4) is 0 Å². The minimum atomic E-state index is -0.689. The average Bonchev–Trinajstić information content (AvgIpc) is 3.25. The predicted molar refractivity (Wildman–Crippen MR) is 120 cm³/mol. The van der Waals surface area contributed by atoms with Crippen LogP contribution in [-0.4, -0.2) is 41.1 Å². The first-order valence-electron chi connectivity index (χ1n) is 11.0. The summed E-state index contributed by atoms with van der Waals surface area (Å²) < 4.78 is 0. The van der Waals surface area contributed by atoms with Gasteiger partial charge in [-0.15, -0.1) is 0 Å². The third kappa shape index (κ3) is 2.87. The minimum Gasteiger partial charge on any atom is -0.352 e. The Balaban J connectivity index is 1.65. The molecule has 0 radical (unpaired) electrons. The lowest BCUT2D eigenvalue weighted by atomic mass is 9.85. The van der Waals surface area contributed by atoms with Crippen LogP contribution in [0.25, 0.3) is 5.57 Å². The molecule has 3 aliphatic rings. The first-order chi connectivity index (χ1) is 15.0. The summed E-state index contributed by atoms with van der Waals surface area (Å²) in [5.74, 6) is -1.61. The Morgan fingerprint density at radius 2 is 1.61 bits per heavy atom. The van der Waals surface area contributed by atoms with E-state index in [1.54, 1.807) is 12.1 Å². The van der Waals surface area contributed by atoms with E-state index in [1.807, 2.05) is 61.2 Å². The van der Waals surface area contributed by atoms with Crippen molar-refractivity contribution in [2.75, 3.05) is 11.4 Å². The van der Waals surface area contributed by atoms with Gasteiger partial charge < -0.3 is 4.90 Å². The lowest BCUT2D eigenvalue weighted by Crippen LogP contribution is -2.49. The maximum atomic E-state index is 13.8. The fourth-order valence-electron chi connectivity index (χ4n) is 5.47. The van der Waals surface area contributed by atoms with E-state index in [0.717, 1.165) is 29.7 Å². The van der Waals surface area contributed by atoms with E-state index in [9.17, 15) is 14.4 Å². The predicted octanol–water partition coefficient (Wildman–Crippen LogP) is 3.94. The van der Waals surface area contributed by atoms with Gasteiger partial charge in [0, 0.05) is 23.4 Å². The number of amides is 2. The van der Waals surface area contributed by atoms with Crippen LogP contribution in [0.2, 0.25) is 0 Å². The number of carbonyl (C=O) groups is 3. The largest absolute Gasteiger partial charge is 0.352 e. The fraction of sp³-hybridized carbons (Fsp3) is 0.346. The Hall–Kier alpha value is -3.21. The number of Topliss-reactive ketones (excluding diaryl/α,β-unsaturated/α-hetero) is 1. The normalized spacial score (nSPS) is 26.5. The van der Waals surface area contributed by atoms with E-state index >= 15 is 0 Å². The van der Waals surface area contributed by atoms with Crippen LogP contribution < -0.4 is 4.90 Å². The van der Waals surface area contributed by atoms with Crippen molar-refractivity contribution in [2.45, 2.75) is 38.8 Å². The van der Waals surface area contributed by atoms with Crippen molar-refractivity contribution in [1.82, 2.24) is 4.90 Å². The van der Waals surface area contributed by atoms with Gasteiger partial charge in [-0.2, -0.15) is 0 Å². The summed E-state index contributed by atoms with van der Waals surface area (Å²) in [6.07, 6.45) is 3.76. The molecule has 31 heavy (non-hydrogen) atoms. The molecular formula is C26H26N2O3. The third-order valence-corrected chi connectivity index (χ3v) is 6.91. The second-order valence-electron chi connectivity index (χ2n) is 8.67. The molecule has 2 saturated heterocycles. The zero-order valence-corrected chi connectivity index (χ0v) is 17.8. The van der Waals surface area contributed by atoms with Crippen molar-refractivity contribution in [3.63, 3.8) is 0 Å². The Morgan fingerprint density at radius 1 is 0.935 bits per heavy atom. The zero-order chi connectivity index (χ0) is 21.7. The molecule has 0 spiro atoms. The van der Waals surface area contributed by atoms with Gasteiger partial charge in [-0.1, -0.05) is 68.0 Å². The minimum absolute atomic E-state index is 0.0978. The molecule has 3 heterocycles. The summed E-state index contributed by atoms with van der Waals surface area (Å²) in [5.41, 5.74) is 3.63. The van der Waals surface area contributed by atoms with E-state index in [1.165, 1.54) is 4.90 Å². The van der Waals surface area contributed by atoms with Crippen molar-refractivity contribution < 1.29 is 14.4 Å². The molecule has 5 nitrogen and oxygen atoms in total. The summed E-state index contributed by atoms with van der Waals surface area (Å²) in [4.78, 5) is 44.1. The lowest BCUT2D eigenvalue weighted by molar-refractivity contribution is -0.140. The van der Waals surface area contributed by atoms with Crippen LogP contribution in [-0.2, 0) is 9.59 Å². The molecule has 3 aliphatic heterocycles. The molecule has 2 amide bonds. The molecule has 4 atom stereocenters. The molecular weight excluding hydrogens is 388 g/mol. The molecule has 0 saturated carbocycles. The van der Waals surface area contributed by atoms with E-state index in [4.69, 9.17) is 0 Å². The van der Waals surface area contributed by atoms with Crippen LogP contribution in [0.4, 0.5) is 5.69 Å². The van der Waals surface area contributed by atoms with Gasteiger partial charge in [0.1, 0.15) is 6.04 Å². The molecule has 5 heteroatoms. The van der Waals surface area contributed by atoms with Gasteiger partial charge in [0.05, 0.1) is 17.9 Å². The van der Waals surface area contributed by atoms with Crippen LogP contribution >= 0.6 is 0 Å². The zero-order valence-electron chi connectivity index (χ0n) is 17.8. The molecule has 0 unspecified atom stereocenters. The lowest BCUT2D eigenvalue weighted by Gasteiger charge is -2.38. The van der Waals surface area contributed by atoms with Gasteiger partial charge in [-0.05, 0) is 25.0 Å². The molecule has 5 rings (SSSR count). The number of imide groups is 1. The number of allylic oxidation sites excluding steroid dienone is 1. The molecule has 158 valence electrons. The van der Waals surface area contributed by atoms with E-state index < -0.39 is 17.9 Å². The van der Waals surface area contributed by atoms with E-state index in [-0.39, 0.29) is 23.6 Å². The Bertz CT molecular complexity index is 1090. The third-order valence-electron chi connectivity index (χ3n) is 6.91. The Morgan fingerprint density at radius 3 is 2.35 bits per heavy atom. The summed E-state index contributed by atoms with van der Waals surface area (Å²) >= 11 is 0. The van der Waals surface area contributed by atoms with Crippen LogP contribution in [0.15, 0.2) is 60.7 Å². The van der Waals surface area contributed by atoms with Gasteiger partial charge in [-0.3, -0.25) is 19.3 Å². The molecule has 0 aliphatic carbocycles. The van der Waals surface area contributed by atoms with Crippen molar-refractivity contribution in [3.05, 3.63) is 71.8 Å². The topological polar surface area (TPSA) is 57.7 Å². The first kappa shape index (κ1) is 19.7. The molecule has 0 bridgehead atoms. The number of unbranched alkanes of at least 4 members (excludes halogenated alkanes) is 1. The summed E-state index contributed by atoms with van der Waals surface area (Å²) in [5, 5.41) is 0. The van der Waals surface area contributed by atoms with Crippen molar-refractivity contribution >= 4 is 28.9 Å². The average molecular weight is 415 g/mol. The Kier molecular flexibility index (Phi) is 4.77. The maximum absolute atomic E-state index is 13.8. The highest BCUT2D eigenvalue weighted by Crippen LogP contribution is 2.50. The smallest absolute Gasteiger partial charge is 0.235 e. The summed E-state index contributed by atoms with van der Waals surface area (Å²) in [6.45, 7) is 4.51. The molecule has 2 fully saturated rings. The standard InChI is InChI=1S/C26H26N2O3/c1-3-4-14-27-25(30)21-20-15-16(2)18-12-8-9-13-19(18)28(20)23(22(21)26(27)31)24(29)17-10-6-5-7-11-17/h5-13,15,20-23H,3-4,14H2,1-2H3/t20-,21+,22-,23-/m1/s1. The number of ketones is 1. The SMILES string of the molecule is CCCCN1C(=O)[C@@H]2[C@@H](C1=O)[C@H](C(=O)c1ccccc1)N1c3ccccc3C(C)=C[C@H]21. The number of hydrogen-bond acceptors (Lipinski definition) is 4. The molecule has 2 aromatic rings. The van der Waals surface area contributed by atoms with Crippen LogP contribution in [0.3, 0.4) is 0 Å². The monoisotopic (exact) mass is 414 g/mol. The number of benzene rings is 2. The highest BCUT2D eigenvalue weighted by atomic mass is 16.2. The van der Waals surface area contributed by atoms with Gasteiger partial charge in [0.25, 0.3) is 0 Å².